The van der Waals surface area contributed by atoms with Crippen molar-refractivity contribution >= 4 is 15.7 Å². The number of benzene rings is 1. The third-order valence-electron chi connectivity index (χ3n) is 5.57. The first kappa shape index (κ1) is 19.5. The summed E-state index contributed by atoms with van der Waals surface area (Å²) in [5.74, 6) is 0.910. The minimum atomic E-state index is -3.15. The highest BCUT2D eigenvalue weighted by Gasteiger charge is 2.34. The number of sulfonamides is 1. The van der Waals surface area contributed by atoms with E-state index in [0.29, 0.717) is 19.1 Å². The van der Waals surface area contributed by atoms with E-state index in [4.69, 9.17) is 4.74 Å². The van der Waals surface area contributed by atoms with Crippen LogP contribution in [0.5, 0.6) is 5.75 Å². The lowest BCUT2D eigenvalue weighted by molar-refractivity contribution is 0.128. The van der Waals surface area contributed by atoms with Crippen molar-refractivity contribution in [1.82, 2.24) is 9.21 Å². The Labute approximate surface area is 157 Å². The van der Waals surface area contributed by atoms with Crippen molar-refractivity contribution < 1.29 is 13.2 Å². The minimum absolute atomic E-state index is 0.331. The van der Waals surface area contributed by atoms with Gasteiger partial charge in [-0.1, -0.05) is 12.1 Å². The molecule has 1 aromatic rings. The Balaban J connectivity index is 1.61. The Morgan fingerprint density at radius 1 is 1.08 bits per heavy atom. The van der Waals surface area contributed by atoms with Crippen LogP contribution in [0.2, 0.25) is 0 Å². The molecule has 1 aromatic carbocycles. The largest absolute Gasteiger partial charge is 0.495 e. The van der Waals surface area contributed by atoms with Gasteiger partial charge in [0.1, 0.15) is 5.75 Å². The van der Waals surface area contributed by atoms with Gasteiger partial charge in [-0.25, -0.2) is 12.7 Å². The molecule has 2 aliphatic heterocycles. The van der Waals surface area contributed by atoms with Crippen molar-refractivity contribution in [2.24, 2.45) is 0 Å². The number of piperidine rings is 1. The maximum atomic E-state index is 12.5. The molecule has 0 amide bonds. The van der Waals surface area contributed by atoms with Crippen molar-refractivity contribution in [2.45, 2.75) is 38.0 Å². The van der Waals surface area contributed by atoms with Crippen LogP contribution in [-0.2, 0) is 10.0 Å². The van der Waals surface area contributed by atoms with Gasteiger partial charge in [-0.15, -0.1) is 0 Å². The summed E-state index contributed by atoms with van der Waals surface area (Å²) in [4.78, 5) is 4.83. The fourth-order valence-corrected chi connectivity index (χ4v) is 5.33. The zero-order chi connectivity index (χ0) is 18.7. The second kappa shape index (κ2) is 8.15. The van der Waals surface area contributed by atoms with Crippen LogP contribution < -0.4 is 9.64 Å². The minimum Gasteiger partial charge on any atom is -0.495 e. The van der Waals surface area contributed by atoms with Gasteiger partial charge in [-0.2, -0.15) is 0 Å². The number of hydrogen-bond donors (Lipinski definition) is 0. The number of ether oxygens (including phenoxy) is 1. The molecule has 3 rings (SSSR count). The van der Waals surface area contributed by atoms with E-state index >= 15 is 0 Å². The van der Waals surface area contributed by atoms with Gasteiger partial charge >= 0.3 is 0 Å². The van der Waals surface area contributed by atoms with E-state index in [1.807, 2.05) is 18.2 Å². The van der Waals surface area contributed by atoms with E-state index in [0.717, 1.165) is 50.5 Å². The highest BCUT2D eigenvalue weighted by molar-refractivity contribution is 7.89. The monoisotopic (exact) mass is 381 g/mol. The predicted molar refractivity (Wildman–Crippen MR) is 105 cm³/mol. The van der Waals surface area contributed by atoms with Crippen LogP contribution in [0.25, 0.3) is 0 Å². The van der Waals surface area contributed by atoms with Crippen molar-refractivity contribution in [3.8, 4) is 5.75 Å². The maximum absolute atomic E-state index is 12.5. The summed E-state index contributed by atoms with van der Waals surface area (Å²) in [6, 6.07) is 8.46. The third-order valence-corrected chi connectivity index (χ3v) is 7.81. The molecule has 146 valence electrons. The van der Waals surface area contributed by atoms with Gasteiger partial charge in [0.25, 0.3) is 0 Å². The number of nitrogens with zero attached hydrogens (tertiary/aromatic N) is 3. The van der Waals surface area contributed by atoms with Crippen LogP contribution >= 0.6 is 0 Å². The van der Waals surface area contributed by atoms with Gasteiger partial charge in [0.15, 0.2) is 0 Å². The lowest BCUT2D eigenvalue weighted by atomic mass is 10.0. The molecule has 1 atom stereocenters. The Kier molecular flexibility index (Phi) is 6.10. The Morgan fingerprint density at radius 2 is 1.77 bits per heavy atom. The molecule has 0 saturated carbocycles. The summed E-state index contributed by atoms with van der Waals surface area (Å²) in [5, 5.41) is -0.344. The quantitative estimate of drug-likeness (QED) is 0.781. The third kappa shape index (κ3) is 4.00. The number of rotatable bonds is 5. The molecule has 7 heteroatoms. The highest BCUT2D eigenvalue weighted by Crippen LogP contribution is 2.29. The predicted octanol–water partition coefficient (Wildman–Crippen LogP) is 2.02. The second-order valence-corrected chi connectivity index (χ2v) is 9.93. The fourth-order valence-electron chi connectivity index (χ4n) is 3.97. The molecule has 0 bridgehead atoms. The van der Waals surface area contributed by atoms with Crippen molar-refractivity contribution in [1.29, 1.82) is 0 Å². The summed E-state index contributed by atoms with van der Waals surface area (Å²) in [6.45, 7) is 8.63. The molecular formula is C19H31N3O3S. The van der Waals surface area contributed by atoms with E-state index in [2.05, 4.69) is 15.9 Å². The molecule has 0 radical (unpaired) electrons. The van der Waals surface area contributed by atoms with Gasteiger partial charge in [0, 0.05) is 45.3 Å². The first-order valence-electron chi connectivity index (χ1n) is 9.54. The van der Waals surface area contributed by atoms with Gasteiger partial charge in [-0.05, 0) is 38.8 Å². The van der Waals surface area contributed by atoms with Crippen LogP contribution in [0.4, 0.5) is 5.69 Å². The zero-order valence-corrected chi connectivity index (χ0v) is 16.9. The van der Waals surface area contributed by atoms with Crippen LogP contribution in [0.3, 0.4) is 0 Å². The molecule has 2 aliphatic rings. The topological polar surface area (TPSA) is 53.1 Å². The number of piperazine rings is 1. The molecule has 0 spiro atoms. The molecule has 0 aliphatic carbocycles. The first-order chi connectivity index (χ1) is 12.4. The zero-order valence-electron chi connectivity index (χ0n) is 16.1. The number of para-hydroxylation sites is 2. The first-order valence-corrected chi connectivity index (χ1v) is 11.0. The molecule has 2 fully saturated rings. The number of hydrogen-bond acceptors (Lipinski definition) is 5. The summed E-state index contributed by atoms with van der Waals surface area (Å²) >= 11 is 0. The summed E-state index contributed by atoms with van der Waals surface area (Å²) in [7, 11) is -1.45. The van der Waals surface area contributed by atoms with Crippen LogP contribution in [0.1, 0.15) is 26.7 Å². The van der Waals surface area contributed by atoms with Crippen LogP contribution in [-0.4, -0.2) is 75.3 Å². The van der Waals surface area contributed by atoms with Crippen molar-refractivity contribution in [2.75, 3.05) is 51.3 Å². The van der Waals surface area contributed by atoms with E-state index < -0.39 is 10.0 Å². The normalized spacial score (nSPS) is 23.4. The molecule has 6 nitrogen and oxygen atoms in total. The van der Waals surface area contributed by atoms with Gasteiger partial charge in [0.05, 0.1) is 18.0 Å². The van der Waals surface area contributed by atoms with Gasteiger partial charge in [0.2, 0.25) is 10.0 Å². The van der Waals surface area contributed by atoms with E-state index in [1.54, 1.807) is 25.3 Å². The molecule has 0 N–H and O–H groups in total. The highest BCUT2D eigenvalue weighted by atomic mass is 32.2. The van der Waals surface area contributed by atoms with Crippen molar-refractivity contribution in [3.63, 3.8) is 0 Å². The lowest BCUT2D eigenvalue weighted by Gasteiger charge is -2.44. The second-order valence-electron chi connectivity index (χ2n) is 7.44. The average Bonchev–Trinajstić information content (AvgIpc) is 2.68. The Hall–Kier alpha value is -1.31. The number of anilines is 1. The van der Waals surface area contributed by atoms with Gasteiger partial charge < -0.3 is 9.64 Å². The van der Waals surface area contributed by atoms with Crippen LogP contribution in [0.15, 0.2) is 24.3 Å². The summed E-state index contributed by atoms with van der Waals surface area (Å²) in [6.07, 6.45) is 2.03. The number of methoxy groups -OCH3 is 1. The standard InChI is InChI=1S/C19H31N3O3S/c1-16(2)26(23,24)22-10-6-7-17(15-22)20-11-13-21(14-12-20)18-8-4-5-9-19(18)25-3/h4-5,8-9,16-17H,6-7,10-15H2,1-3H3. The molecule has 0 aromatic heterocycles. The van der Waals surface area contributed by atoms with Crippen molar-refractivity contribution in [3.05, 3.63) is 24.3 Å². The lowest BCUT2D eigenvalue weighted by Crippen LogP contribution is -2.56. The molecular weight excluding hydrogens is 350 g/mol. The van der Waals surface area contributed by atoms with E-state index in [9.17, 15) is 8.42 Å². The van der Waals surface area contributed by atoms with Crippen LogP contribution in [0, 0.1) is 0 Å². The molecule has 2 heterocycles. The maximum Gasteiger partial charge on any atom is 0.216 e. The Bertz CT molecular complexity index is 700. The molecule has 26 heavy (non-hydrogen) atoms. The van der Waals surface area contributed by atoms with Gasteiger partial charge in [-0.3, -0.25) is 4.90 Å². The summed E-state index contributed by atoms with van der Waals surface area (Å²) < 4.78 is 32.2. The van der Waals surface area contributed by atoms with E-state index in [1.165, 1.54) is 0 Å². The SMILES string of the molecule is COc1ccccc1N1CCN(C2CCCN(S(=O)(=O)C(C)C)C2)CC1. The molecule has 1 unspecified atom stereocenters. The fraction of sp³-hybridized carbons (Fsp3) is 0.684. The average molecular weight is 382 g/mol. The smallest absolute Gasteiger partial charge is 0.216 e. The summed E-state index contributed by atoms with van der Waals surface area (Å²) in [5.41, 5.74) is 1.14. The Morgan fingerprint density at radius 3 is 2.42 bits per heavy atom. The molecule has 2 saturated heterocycles. The van der Waals surface area contributed by atoms with E-state index in [-0.39, 0.29) is 5.25 Å².